The summed E-state index contributed by atoms with van der Waals surface area (Å²) in [6, 6.07) is 0.725. The second-order valence-corrected chi connectivity index (χ2v) is 6.59. The Bertz CT molecular complexity index is 299. The molecule has 88 valence electrons. The van der Waals surface area contributed by atoms with Crippen LogP contribution in [0.3, 0.4) is 0 Å². The largest absolute Gasteiger partial charge is 0.314 e. The molecule has 1 N–H and O–H groups in total. The zero-order valence-corrected chi connectivity index (χ0v) is 9.93. The van der Waals surface area contributed by atoms with Crippen molar-refractivity contribution in [3.63, 3.8) is 0 Å². The molecule has 1 aliphatic carbocycles. The highest BCUT2D eigenvalue weighted by molar-refractivity contribution is 7.89. The Labute approximate surface area is 92.1 Å². The van der Waals surface area contributed by atoms with Crippen LogP contribution in [0.2, 0.25) is 0 Å². The van der Waals surface area contributed by atoms with Gasteiger partial charge in [0.05, 0.1) is 5.75 Å². The van der Waals surface area contributed by atoms with Crippen LogP contribution in [0, 0.1) is 0 Å². The van der Waals surface area contributed by atoms with Crippen molar-refractivity contribution in [2.24, 2.45) is 0 Å². The summed E-state index contributed by atoms with van der Waals surface area (Å²) >= 11 is 0. The van der Waals surface area contributed by atoms with Crippen LogP contribution in [0.1, 0.15) is 32.1 Å². The van der Waals surface area contributed by atoms with E-state index in [0.717, 1.165) is 38.4 Å². The molecule has 15 heavy (non-hydrogen) atoms. The molecular formula is C10H20N2O2S. The predicted molar refractivity (Wildman–Crippen MR) is 60.2 cm³/mol. The van der Waals surface area contributed by atoms with Gasteiger partial charge >= 0.3 is 0 Å². The standard InChI is InChI=1S/C10H20N2O2S/c13-15(14)9-2-1-7-12(15)8-3-6-11-10-4-5-10/h10-11H,1-9H2. The summed E-state index contributed by atoms with van der Waals surface area (Å²) in [4.78, 5) is 0. The maximum atomic E-state index is 11.6. The molecule has 0 unspecified atom stereocenters. The van der Waals surface area contributed by atoms with Gasteiger partial charge in [0.15, 0.2) is 0 Å². The van der Waals surface area contributed by atoms with Gasteiger partial charge in [-0.1, -0.05) is 0 Å². The molecule has 5 heteroatoms. The number of sulfonamides is 1. The number of nitrogens with zero attached hydrogens (tertiary/aromatic N) is 1. The Morgan fingerprint density at radius 3 is 2.73 bits per heavy atom. The Balaban J connectivity index is 1.67. The molecule has 2 aliphatic rings. The molecule has 0 aromatic rings. The molecule has 0 atom stereocenters. The van der Waals surface area contributed by atoms with E-state index in [1.54, 1.807) is 4.31 Å². The van der Waals surface area contributed by atoms with Crippen molar-refractivity contribution in [2.45, 2.75) is 38.1 Å². The van der Waals surface area contributed by atoms with Crippen molar-refractivity contribution in [1.29, 1.82) is 0 Å². The average Bonchev–Trinajstić information content (AvgIpc) is 2.98. The number of nitrogens with one attached hydrogen (secondary N) is 1. The number of hydrogen-bond acceptors (Lipinski definition) is 3. The minimum atomic E-state index is -2.90. The predicted octanol–water partition coefficient (Wildman–Crippen LogP) is 0.554. The van der Waals surface area contributed by atoms with Crippen molar-refractivity contribution in [1.82, 2.24) is 9.62 Å². The summed E-state index contributed by atoms with van der Waals surface area (Å²) in [5.41, 5.74) is 0. The third kappa shape index (κ3) is 3.43. The minimum Gasteiger partial charge on any atom is -0.314 e. The first kappa shape index (κ1) is 11.4. The lowest BCUT2D eigenvalue weighted by molar-refractivity contribution is 0.375. The summed E-state index contributed by atoms with van der Waals surface area (Å²) in [7, 11) is -2.90. The summed E-state index contributed by atoms with van der Waals surface area (Å²) < 4.78 is 24.9. The summed E-state index contributed by atoms with van der Waals surface area (Å²) in [6.45, 7) is 2.38. The molecule has 1 saturated carbocycles. The van der Waals surface area contributed by atoms with Crippen LogP contribution in [0.15, 0.2) is 0 Å². The lowest BCUT2D eigenvalue weighted by atomic mass is 10.3. The van der Waals surface area contributed by atoms with Gasteiger partial charge in [-0.2, -0.15) is 0 Å². The highest BCUT2D eigenvalue weighted by atomic mass is 32.2. The molecular weight excluding hydrogens is 212 g/mol. The number of hydrogen-bond donors (Lipinski definition) is 1. The van der Waals surface area contributed by atoms with Crippen LogP contribution in [-0.2, 0) is 10.0 Å². The molecule has 0 spiro atoms. The van der Waals surface area contributed by atoms with Crippen molar-refractivity contribution in [3.8, 4) is 0 Å². The summed E-state index contributed by atoms with van der Waals surface area (Å²) in [5.74, 6) is 0.350. The van der Waals surface area contributed by atoms with Crippen molar-refractivity contribution in [3.05, 3.63) is 0 Å². The van der Waals surface area contributed by atoms with Gasteiger partial charge in [-0.05, 0) is 38.6 Å². The molecule has 0 amide bonds. The van der Waals surface area contributed by atoms with Gasteiger partial charge in [0.2, 0.25) is 10.0 Å². The van der Waals surface area contributed by atoms with E-state index in [0.29, 0.717) is 12.3 Å². The van der Waals surface area contributed by atoms with Crippen molar-refractivity contribution in [2.75, 3.05) is 25.4 Å². The number of rotatable bonds is 5. The Morgan fingerprint density at radius 1 is 1.27 bits per heavy atom. The maximum Gasteiger partial charge on any atom is 0.214 e. The Kier molecular flexibility index (Phi) is 3.64. The lowest BCUT2D eigenvalue weighted by Gasteiger charge is -2.26. The highest BCUT2D eigenvalue weighted by Gasteiger charge is 2.25. The van der Waals surface area contributed by atoms with Gasteiger partial charge in [-0.25, -0.2) is 12.7 Å². The lowest BCUT2D eigenvalue weighted by Crippen LogP contribution is -2.39. The van der Waals surface area contributed by atoms with Gasteiger partial charge in [-0.3, -0.25) is 0 Å². The highest BCUT2D eigenvalue weighted by Crippen LogP contribution is 2.18. The molecule has 0 radical (unpaired) electrons. The normalized spacial score (nSPS) is 26.7. The quantitative estimate of drug-likeness (QED) is 0.704. The maximum absolute atomic E-state index is 11.6. The van der Waals surface area contributed by atoms with Gasteiger partial charge in [-0.15, -0.1) is 0 Å². The average molecular weight is 232 g/mol. The first-order valence-corrected chi connectivity index (χ1v) is 7.50. The molecule has 0 aromatic heterocycles. The van der Waals surface area contributed by atoms with Gasteiger partial charge < -0.3 is 5.32 Å². The van der Waals surface area contributed by atoms with Crippen LogP contribution < -0.4 is 5.32 Å². The van der Waals surface area contributed by atoms with Crippen LogP contribution in [0.5, 0.6) is 0 Å². The molecule has 0 aromatic carbocycles. The van der Waals surface area contributed by atoms with E-state index < -0.39 is 10.0 Å². The van der Waals surface area contributed by atoms with E-state index in [1.165, 1.54) is 12.8 Å². The van der Waals surface area contributed by atoms with E-state index in [2.05, 4.69) is 5.32 Å². The minimum absolute atomic E-state index is 0.350. The smallest absolute Gasteiger partial charge is 0.214 e. The fourth-order valence-corrected chi connectivity index (χ4v) is 3.58. The van der Waals surface area contributed by atoms with E-state index >= 15 is 0 Å². The second-order valence-electron chi connectivity index (χ2n) is 4.50. The molecule has 2 rings (SSSR count). The molecule has 1 saturated heterocycles. The molecule has 1 heterocycles. The Morgan fingerprint density at radius 2 is 2.07 bits per heavy atom. The van der Waals surface area contributed by atoms with Gasteiger partial charge in [0.25, 0.3) is 0 Å². The van der Waals surface area contributed by atoms with Gasteiger partial charge in [0.1, 0.15) is 0 Å². The third-order valence-electron chi connectivity index (χ3n) is 3.05. The zero-order valence-electron chi connectivity index (χ0n) is 9.11. The SMILES string of the molecule is O=S1(=O)CCCCN1CCCNC1CC1. The monoisotopic (exact) mass is 232 g/mol. The van der Waals surface area contributed by atoms with Crippen LogP contribution in [0.4, 0.5) is 0 Å². The third-order valence-corrected chi connectivity index (χ3v) is 5.00. The summed E-state index contributed by atoms with van der Waals surface area (Å²) in [6.07, 6.45) is 5.38. The van der Waals surface area contributed by atoms with Crippen molar-refractivity contribution < 1.29 is 8.42 Å². The van der Waals surface area contributed by atoms with Crippen LogP contribution in [-0.4, -0.2) is 44.2 Å². The fraction of sp³-hybridized carbons (Fsp3) is 1.00. The van der Waals surface area contributed by atoms with Crippen molar-refractivity contribution >= 4 is 10.0 Å². The zero-order chi connectivity index (χ0) is 10.7. The van der Waals surface area contributed by atoms with E-state index in [1.807, 2.05) is 0 Å². The molecule has 4 nitrogen and oxygen atoms in total. The van der Waals surface area contributed by atoms with Crippen LogP contribution in [0.25, 0.3) is 0 Å². The fourth-order valence-electron chi connectivity index (χ4n) is 1.94. The first-order valence-electron chi connectivity index (χ1n) is 5.90. The van der Waals surface area contributed by atoms with Crippen LogP contribution >= 0.6 is 0 Å². The first-order chi connectivity index (χ1) is 7.18. The molecule has 1 aliphatic heterocycles. The molecule has 2 fully saturated rings. The van der Waals surface area contributed by atoms with E-state index in [4.69, 9.17) is 0 Å². The topological polar surface area (TPSA) is 49.4 Å². The van der Waals surface area contributed by atoms with Gasteiger partial charge in [0, 0.05) is 19.1 Å². The van der Waals surface area contributed by atoms with E-state index in [-0.39, 0.29) is 0 Å². The second kappa shape index (κ2) is 4.80. The molecule has 0 bridgehead atoms. The summed E-state index contributed by atoms with van der Waals surface area (Å²) in [5, 5.41) is 3.40. The Hall–Kier alpha value is -0.130. The van der Waals surface area contributed by atoms with E-state index in [9.17, 15) is 8.42 Å².